The van der Waals surface area contributed by atoms with Crippen molar-refractivity contribution in [3.8, 4) is 5.69 Å². The summed E-state index contributed by atoms with van der Waals surface area (Å²) in [6.07, 6.45) is 0. The molecule has 192 valence electrons. The van der Waals surface area contributed by atoms with E-state index in [4.69, 9.17) is 4.74 Å². The first-order chi connectivity index (χ1) is 17.4. The van der Waals surface area contributed by atoms with Gasteiger partial charge in [0, 0.05) is 10.8 Å². The summed E-state index contributed by atoms with van der Waals surface area (Å²) in [6.45, 7) is 1.53. The molecule has 0 atom stereocenters. The SMILES string of the molecule is CCOC(=O)c1[nH]n(-c2ccc(S(=O)(=O)[O-])cc2)c(=O)c1N=Nc1ccc(S(=O)(=O)[O-])c2ccccc12.[Na+].[Na+]. The minimum atomic E-state index is -4.78. The van der Waals surface area contributed by atoms with Crippen LogP contribution < -0.4 is 64.7 Å². The molecule has 3 aromatic carbocycles. The number of carbonyl (C=O) groups excluding carboxylic acids is 1. The van der Waals surface area contributed by atoms with Gasteiger partial charge in [0.05, 0.1) is 27.8 Å². The first-order valence-corrected chi connectivity index (χ1v) is 13.2. The molecule has 0 fully saturated rings. The van der Waals surface area contributed by atoms with E-state index in [9.17, 15) is 35.5 Å². The summed E-state index contributed by atoms with van der Waals surface area (Å²) in [5.41, 5.74) is -1.48. The van der Waals surface area contributed by atoms with Crippen LogP contribution in [0.3, 0.4) is 0 Å². The van der Waals surface area contributed by atoms with E-state index < -0.39 is 47.2 Å². The van der Waals surface area contributed by atoms with Crippen molar-refractivity contribution in [3.05, 3.63) is 76.7 Å². The largest absolute Gasteiger partial charge is 1.00 e. The molecule has 0 radical (unpaired) electrons. The summed E-state index contributed by atoms with van der Waals surface area (Å²) in [7, 11) is -9.50. The molecular weight excluding hydrogens is 574 g/mol. The predicted octanol–water partition coefficient (Wildman–Crippen LogP) is -3.27. The summed E-state index contributed by atoms with van der Waals surface area (Å²) in [6, 6.07) is 12.7. The maximum Gasteiger partial charge on any atom is 1.00 e. The molecule has 13 nitrogen and oxygen atoms in total. The van der Waals surface area contributed by atoms with Crippen molar-refractivity contribution in [2.24, 2.45) is 10.2 Å². The molecule has 0 unspecified atom stereocenters. The van der Waals surface area contributed by atoms with Gasteiger partial charge in [0.2, 0.25) is 0 Å². The molecule has 0 bridgehead atoms. The number of aromatic amines is 1. The number of H-pyrrole nitrogens is 1. The second-order valence-electron chi connectivity index (χ2n) is 7.43. The molecule has 0 aliphatic rings. The molecule has 0 aliphatic carbocycles. The number of nitrogens with zero attached hydrogens (tertiary/aromatic N) is 3. The summed E-state index contributed by atoms with van der Waals surface area (Å²) in [4.78, 5) is 24.6. The van der Waals surface area contributed by atoms with Gasteiger partial charge in [-0.3, -0.25) is 9.89 Å². The van der Waals surface area contributed by atoms with Gasteiger partial charge < -0.3 is 13.8 Å². The fraction of sp³-hybridized carbons (Fsp3) is 0.0909. The zero-order valence-electron chi connectivity index (χ0n) is 20.8. The topological polar surface area (TPSA) is 203 Å². The van der Waals surface area contributed by atoms with Gasteiger partial charge >= 0.3 is 65.1 Å². The number of ether oxygens (including phenoxy) is 1. The number of rotatable bonds is 7. The predicted molar refractivity (Wildman–Crippen MR) is 126 cm³/mol. The third kappa shape index (κ3) is 7.13. The van der Waals surface area contributed by atoms with Gasteiger partial charge in [0.1, 0.15) is 20.2 Å². The van der Waals surface area contributed by atoms with E-state index in [1.807, 2.05) is 0 Å². The second-order valence-corrected chi connectivity index (χ2v) is 10.2. The zero-order valence-corrected chi connectivity index (χ0v) is 26.4. The molecule has 0 saturated heterocycles. The maximum absolute atomic E-state index is 13.1. The Morgan fingerprint density at radius 2 is 1.51 bits per heavy atom. The minimum absolute atomic E-state index is 0. The summed E-state index contributed by atoms with van der Waals surface area (Å²) < 4.78 is 74.3. The fourth-order valence-electron chi connectivity index (χ4n) is 3.47. The van der Waals surface area contributed by atoms with Crippen LogP contribution in [0.5, 0.6) is 0 Å². The summed E-state index contributed by atoms with van der Waals surface area (Å²) in [5.74, 6) is -0.927. The molecule has 17 heteroatoms. The molecule has 1 N–H and O–H groups in total. The van der Waals surface area contributed by atoms with Crippen LogP contribution in [0.4, 0.5) is 11.4 Å². The van der Waals surface area contributed by atoms with Crippen molar-refractivity contribution in [2.75, 3.05) is 6.61 Å². The molecule has 4 aromatic rings. The molecule has 4 rings (SSSR count). The molecule has 0 spiro atoms. The van der Waals surface area contributed by atoms with Crippen LogP contribution in [-0.2, 0) is 25.0 Å². The van der Waals surface area contributed by atoms with E-state index >= 15 is 0 Å². The Hall–Kier alpha value is -2.18. The standard InChI is InChI=1S/C22H18N4O9S2.2Na/c1-2-35-22(28)20-19(21(27)26(25-20)13-7-9-14(10-8-13)36(29,30)31)24-23-17-11-12-18(37(32,33)34)16-6-4-3-5-15(16)17;;/h3-12,25H,2H2,1H3,(H,29,30,31)(H,32,33,34);;/q;2*+1/p-2. The normalized spacial score (nSPS) is 11.7. The van der Waals surface area contributed by atoms with Crippen molar-refractivity contribution in [2.45, 2.75) is 16.7 Å². The van der Waals surface area contributed by atoms with Crippen LogP contribution in [0.15, 0.2) is 85.5 Å². The van der Waals surface area contributed by atoms with Gasteiger partial charge in [-0.15, -0.1) is 10.2 Å². The van der Waals surface area contributed by atoms with Crippen molar-refractivity contribution in [1.82, 2.24) is 9.78 Å². The number of fused-ring (bicyclic) bond motifs is 1. The second kappa shape index (κ2) is 13.0. The van der Waals surface area contributed by atoms with Crippen molar-refractivity contribution in [3.63, 3.8) is 0 Å². The van der Waals surface area contributed by atoms with Crippen molar-refractivity contribution in [1.29, 1.82) is 0 Å². The first-order valence-electron chi connectivity index (χ1n) is 10.4. The molecular formula is C22H16N4Na2O9S2. The summed E-state index contributed by atoms with van der Waals surface area (Å²) in [5, 5.41) is 10.8. The van der Waals surface area contributed by atoms with Crippen LogP contribution in [-0.4, -0.2) is 48.3 Å². The smallest absolute Gasteiger partial charge is 0.744 e. The Bertz CT molecular complexity index is 1830. The van der Waals surface area contributed by atoms with E-state index in [0.29, 0.717) is 0 Å². The number of hydrogen-bond acceptors (Lipinski definition) is 11. The van der Waals surface area contributed by atoms with Crippen LogP contribution in [0.25, 0.3) is 16.5 Å². The number of esters is 1. The number of nitrogens with one attached hydrogen (secondary N) is 1. The number of aromatic nitrogens is 2. The Kier molecular flexibility index (Phi) is 11.0. The Balaban J connectivity index is 0.00000267. The fourth-order valence-corrected chi connectivity index (χ4v) is 4.63. The third-order valence-electron chi connectivity index (χ3n) is 5.12. The van der Waals surface area contributed by atoms with Gasteiger partial charge in [0.25, 0.3) is 5.56 Å². The van der Waals surface area contributed by atoms with Gasteiger partial charge in [-0.2, -0.15) is 0 Å². The average molecular weight is 591 g/mol. The van der Waals surface area contributed by atoms with Gasteiger partial charge in [-0.05, 0) is 43.3 Å². The Morgan fingerprint density at radius 1 is 0.897 bits per heavy atom. The molecule has 0 aliphatic heterocycles. The van der Waals surface area contributed by atoms with E-state index in [1.165, 1.54) is 36.4 Å². The molecule has 0 amide bonds. The number of carbonyl (C=O) groups is 1. The third-order valence-corrected chi connectivity index (χ3v) is 6.86. The maximum atomic E-state index is 13.1. The number of azo groups is 1. The molecule has 1 aromatic heterocycles. The van der Waals surface area contributed by atoms with Crippen molar-refractivity contribution < 1.29 is 94.6 Å². The van der Waals surface area contributed by atoms with E-state index in [-0.39, 0.29) is 93.6 Å². The summed E-state index contributed by atoms with van der Waals surface area (Å²) >= 11 is 0. The monoisotopic (exact) mass is 590 g/mol. The first kappa shape index (κ1) is 33.0. The average Bonchev–Trinajstić information content (AvgIpc) is 3.17. The van der Waals surface area contributed by atoms with Gasteiger partial charge in [-0.25, -0.2) is 26.3 Å². The van der Waals surface area contributed by atoms with Gasteiger partial charge in [-0.1, -0.05) is 24.3 Å². The number of hydrogen-bond donors (Lipinski definition) is 1. The minimum Gasteiger partial charge on any atom is -0.744 e. The Morgan fingerprint density at radius 3 is 2.08 bits per heavy atom. The van der Waals surface area contributed by atoms with Crippen molar-refractivity contribution >= 4 is 48.4 Å². The van der Waals surface area contributed by atoms with Crippen LogP contribution >= 0.6 is 0 Å². The molecule has 1 heterocycles. The van der Waals surface area contributed by atoms with E-state index in [0.717, 1.165) is 22.9 Å². The van der Waals surface area contributed by atoms with Crippen LogP contribution in [0, 0.1) is 0 Å². The number of benzene rings is 3. The zero-order chi connectivity index (χ0) is 27.0. The van der Waals surface area contributed by atoms with E-state index in [2.05, 4.69) is 15.3 Å². The molecule has 0 saturated carbocycles. The van der Waals surface area contributed by atoms with Crippen LogP contribution in [0.2, 0.25) is 0 Å². The quantitative estimate of drug-likeness (QED) is 0.0991. The van der Waals surface area contributed by atoms with Crippen LogP contribution in [0.1, 0.15) is 17.4 Å². The van der Waals surface area contributed by atoms with E-state index in [1.54, 1.807) is 13.0 Å². The van der Waals surface area contributed by atoms with Gasteiger partial charge in [0.15, 0.2) is 11.4 Å². The Labute approximate surface area is 266 Å². The molecule has 39 heavy (non-hydrogen) atoms.